The highest BCUT2D eigenvalue weighted by atomic mass is 19.1. The molecule has 0 aromatic heterocycles. The van der Waals surface area contributed by atoms with Crippen LogP contribution in [-0.2, 0) is 5.41 Å². The fourth-order valence-corrected chi connectivity index (χ4v) is 8.83. The van der Waals surface area contributed by atoms with Crippen molar-refractivity contribution in [3.8, 4) is 22.3 Å². The standard InChI is InChI=1S/C48H34FN/c1-30(2)31-15-21-36(22-16-31)50(37-24-19-35(49)20-25-37)38-23-17-33-28-43-42-26-18-32-9-3-4-10-39(32)47(42)48(46(43)29-34(33)27-38)44-13-7-5-11-40(44)41-12-6-8-14-45(41)48/h3-30H,1-2H3. The minimum absolute atomic E-state index is 0.243. The van der Waals surface area contributed by atoms with E-state index in [1.165, 1.54) is 71.6 Å². The number of benzene rings is 8. The monoisotopic (exact) mass is 643 g/mol. The Morgan fingerprint density at radius 2 is 1.06 bits per heavy atom. The van der Waals surface area contributed by atoms with Gasteiger partial charge in [-0.1, -0.05) is 117 Å². The minimum atomic E-state index is -0.452. The number of hydrogen-bond acceptors (Lipinski definition) is 1. The molecule has 0 saturated carbocycles. The molecule has 1 spiro atoms. The van der Waals surface area contributed by atoms with Gasteiger partial charge in [-0.05, 0) is 138 Å². The van der Waals surface area contributed by atoms with Crippen molar-refractivity contribution in [2.75, 3.05) is 4.90 Å². The highest BCUT2D eigenvalue weighted by molar-refractivity contribution is 6.06. The summed E-state index contributed by atoms with van der Waals surface area (Å²) in [7, 11) is 0. The van der Waals surface area contributed by atoms with E-state index in [-0.39, 0.29) is 5.82 Å². The summed E-state index contributed by atoms with van der Waals surface area (Å²) in [6, 6.07) is 58.6. The molecule has 2 heteroatoms. The molecule has 0 heterocycles. The first-order valence-electron chi connectivity index (χ1n) is 17.5. The zero-order chi connectivity index (χ0) is 33.6. The van der Waals surface area contributed by atoms with E-state index >= 15 is 0 Å². The van der Waals surface area contributed by atoms with E-state index in [0.717, 1.165) is 17.1 Å². The Morgan fingerprint density at radius 1 is 0.460 bits per heavy atom. The molecule has 10 rings (SSSR count). The van der Waals surface area contributed by atoms with Crippen LogP contribution in [0.4, 0.5) is 21.5 Å². The van der Waals surface area contributed by atoms with Gasteiger partial charge in [0.25, 0.3) is 0 Å². The van der Waals surface area contributed by atoms with Gasteiger partial charge in [0.2, 0.25) is 0 Å². The third kappa shape index (κ3) is 3.99. The Kier molecular flexibility index (Phi) is 6.23. The molecule has 2 aliphatic carbocycles. The van der Waals surface area contributed by atoms with Crippen LogP contribution in [0.25, 0.3) is 43.8 Å². The maximum Gasteiger partial charge on any atom is 0.123 e. The van der Waals surface area contributed by atoms with Crippen molar-refractivity contribution >= 4 is 38.6 Å². The van der Waals surface area contributed by atoms with Crippen LogP contribution in [0.1, 0.15) is 47.6 Å². The number of halogens is 1. The topological polar surface area (TPSA) is 3.24 Å². The first kappa shape index (κ1) is 29.0. The second kappa shape index (κ2) is 10.8. The van der Waals surface area contributed by atoms with Gasteiger partial charge in [-0.25, -0.2) is 4.39 Å². The average Bonchev–Trinajstić information content (AvgIpc) is 3.62. The van der Waals surface area contributed by atoms with Crippen molar-refractivity contribution in [1.82, 2.24) is 0 Å². The van der Waals surface area contributed by atoms with Crippen LogP contribution in [0, 0.1) is 5.82 Å². The van der Waals surface area contributed by atoms with E-state index in [1.54, 1.807) is 12.1 Å². The molecule has 8 aromatic carbocycles. The molecule has 0 atom stereocenters. The van der Waals surface area contributed by atoms with Crippen molar-refractivity contribution in [3.05, 3.63) is 197 Å². The maximum absolute atomic E-state index is 14.2. The van der Waals surface area contributed by atoms with Gasteiger partial charge in [0.05, 0.1) is 5.41 Å². The summed E-state index contributed by atoms with van der Waals surface area (Å²) in [6.45, 7) is 4.42. The van der Waals surface area contributed by atoms with Gasteiger partial charge in [-0.3, -0.25) is 0 Å². The fourth-order valence-electron chi connectivity index (χ4n) is 8.83. The zero-order valence-corrected chi connectivity index (χ0v) is 28.0. The quantitative estimate of drug-likeness (QED) is 0.184. The largest absolute Gasteiger partial charge is 0.310 e. The fraction of sp³-hybridized carbons (Fsp3) is 0.0833. The van der Waals surface area contributed by atoms with Crippen LogP contribution in [0.5, 0.6) is 0 Å². The Morgan fingerprint density at radius 3 is 1.76 bits per heavy atom. The second-order valence-electron chi connectivity index (χ2n) is 14.0. The van der Waals surface area contributed by atoms with E-state index in [9.17, 15) is 4.39 Å². The van der Waals surface area contributed by atoms with Gasteiger partial charge >= 0.3 is 0 Å². The van der Waals surface area contributed by atoms with Crippen molar-refractivity contribution in [2.45, 2.75) is 25.2 Å². The average molecular weight is 644 g/mol. The first-order chi connectivity index (χ1) is 24.5. The molecule has 0 radical (unpaired) electrons. The van der Waals surface area contributed by atoms with Crippen LogP contribution in [0.2, 0.25) is 0 Å². The normalized spacial score (nSPS) is 13.4. The van der Waals surface area contributed by atoms with E-state index in [2.05, 4.69) is 158 Å². The lowest BCUT2D eigenvalue weighted by molar-refractivity contribution is 0.628. The smallest absolute Gasteiger partial charge is 0.123 e. The predicted octanol–water partition coefficient (Wildman–Crippen LogP) is 13.1. The molecular formula is C48H34FN. The predicted molar refractivity (Wildman–Crippen MR) is 206 cm³/mol. The molecule has 0 amide bonds. The number of anilines is 3. The summed E-state index contributed by atoms with van der Waals surface area (Å²) in [5.74, 6) is 0.193. The maximum atomic E-state index is 14.2. The van der Waals surface area contributed by atoms with Crippen LogP contribution < -0.4 is 4.90 Å². The number of nitrogens with zero attached hydrogens (tertiary/aromatic N) is 1. The Hall–Kier alpha value is -5.99. The zero-order valence-electron chi connectivity index (χ0n) is 28.0. The molecule has 0 fully saturated rings. The van der Waals surface area contributed by atoms with Crippen molar-refractivity contribution in [3.63, 3.8) is 0 Å². The van der Waals surface area contributed by atoms with Gasteiger partial charge in [-0.2, -0.15) is 0 Å². The Labute approximate surface area is 291 Å². The summed E-state index contributed by atoms with van der Waals surface area (Å²) in [6.07, 6.45) is 0. The molecule has 238 valence electrons. The third-order valence-electron chi connectivity index (χ3n) is 11.1. The molecular weight excluding hydrogens is 610 g/mol. The minimum Gasteiger partial charge on any atom is -0.310 e. The van der Waals surface area contributed by atoms with E-state index in [0.29, 0.717) is 5.92 Å². The molecule has 50 heavy (non-hydrogen) atoms. The summed E-state index contributed by atoms with van der Waals surface area (Å²) >= 11 is 0. The summed E-state index contributed by atoms with van der Waals surface area (Å²) in [4.78, 5) is 2.23. The van der Waals surface area contributed by atoms with Crippen LogP contribution in [-0.4, -0.2) is 0 Å². The van der Waals surface area contributed by atoms with Gasteiger partial charge in [0.15, 0.2) is 0 Å². The first-order valence-corrected chi connectivity index (χ1v) is 17.5. The molecule has 0 bridgehead atoms. The van der Waals surface area contributed by atoms with E-state index < -0.39 is 5.41 Å². The van der Waals surface area contributed by atoms with Crippen LogP contribution >= 0.6 is 0 Å². The van der Waals surface area contributed by atoms with E-state index in [1.807, 2.05) is 12.1 Å². The second-order valence-corrected chi connectivity index (χ2v) is 14.0. The summed E-state index contributed by atoms with van der Waals surface area (Å²) in [5.41, 5.74) is 14.4. The Balaban J connectivity index is 1.25. The highest BCUT2D eigenvalue weighted by Gasteiger charge is 2.52. The van der Waals surface area contributed by atoms with Crippen molar-refractivity contribution in [1.29, 1.82) is 0 Å². The van der Waals surface area contributed by atoms with Gasteiger partial charge < -0.3 is 4.90 Å². The molecule has 1 nitrogen and oxygen atoms in total. The third-order valence-corrected chi connectivity index (χ3v) is 11.1. The van der Waals surface area contributed by atoms with Crippen molar-refractivity contribution < 1.29 is 4.39 Å². The van der Waals surface area contributed by atoms with E-state index in [4.69, 9.17) is 0 Å². The van der Waals surface area contributed by atoms with Gasteiger partial charge in [0, 0.05) is 17.1 Å². The van der Waals surface area contributed by atoms with Crippen LogP contribution in [0.15, 0.2) is 164 Å². The van der Waals surface area contributed by atoms with Gasteiger partial charge in [-0.15, -0.1) is 0 Å². The number of fused-ring (bicyclic) bond motifs is 13. The molecule has 2 aliphatic rings. The lowest BCUT2D eigenvalue weighted by Crippen LogP contribution is -2.26. The molecule has 0 unspecified atom stereocenters. The summed E-state index contributed by atoms with van der Waals surface area (Å²) < 4.78 is 14.2. The lowest BCUT2D eigenvalue weighted by atomic mass is 9.69. The van der Waals surface area contributed by atoms with Crippen molar-refractivity contribution in [2.24, 2.45) is 0 Å². The molecule has 0 N–H and O–H groups in total. The SMILES string of the molecule is CC(C)c1ccc(N(c2ccc(F)cc2)c2ccc3cc4c(cc3c2)C2(c3ccccc3-c3ccccc32)c2c-4ccc3ccccc23)cc1. The van der Waals surface area contributed by atoms with Crippen LogP contribution in [0.3, 0.4) is 0 Å². The molecule has 0 aliphatic heterocycles. The van der Waals surface area contributed by atoms with Gasteiger partial charge in [0.1, 0.15) is 5.82 Å². The number of rotatable bonds is 4. The number of hydrogen-bond donors (Lipinski definition) is 0. The molecule has 0 saturated heterocycles. The Bertz CT molecular complexity index is 2590. The summed E-state index contributed by atoms with van der Waals surface area (Å²) in [5, 5.41) is 4.92. The highest BCUT2D eigenvalue weighted by Crippen LogP contribution is 2.64. The molecule has 8 aromatic rings. The lowest BCUT2D eigenvalue weighted by Gasteiger charge is -2.31.